The summed E-state index contributed by atoms with van der Waals surface area (Å²) in [6.07, 6.45) is 1.24. The summed E-state index contributed by atoms with van der Waals surface area (Å²) in [4.78, 5) is 16.6. The molecule has 5 N–H and O–H groups in total. The van der Waals surface area contributed by atoms with E-state index in [2.05, 4.69) is 10.1 Å². The molecular formula is C17H19F5N6O2S3. The van der Waals surface area contributed by atoms with E-state index in [0.717, 1.165) is 12.1 Å². The number of carbonyl (C=O) groups is 1. The van der Waals surface area contributed by atoms with Gasteiger partial charge in [0.15, 0.2) is 5.84 Å². The molecule has 0 spiro atoms. The third kappa shape index (κ3) is 6.49. The van der Waals surface area contributed by atoms with Gasteiger partial charge in [-0.3, -0.25) is 9.00 Å². The van der Waals surface area contributed by atoms with Crippen LogP contribution in [-0.2, 0) is 28.6 Å². The second kappa shape index (κ2) is 8.34. The molecule has 3 rings (SSSR count). The number of benzene rings is 1. The molecule has 1 aliphatic rings. The average Bonchev–Trinajstić information content (AvgIpc) is 3.34. The largest absolute Gasteiger partial charge is 0.380 e. The van der Waals surface area contributed by atoms with Gasteiger partial charge in [0.25, 0.3) is 0 Å². The Morgan fingerprint density at radius 2 is 1.94 bits per heavy atom. The second-order valence-electron chi connectivity index (χ2n) is 7.01. The first-order valence-electron chi connectivity index (χ1n) is 9.08. The number of nitrogens with two attached hydrogens (primary N) is 2. The number of hydrazine groups is 1. The maximum absolute atomic E-state index is 13.0. The van der Waals surface area contributed by atoms with E-state index in [1.807, 2.05) is 5.53 Å². The van der Waals surface area contributed by atoms with Crippen LogP contribution in [0.2, 0.25) is 0 Å². The zero-order valence-electron chi connectivity index (χ0n) is 16.7. The Bertz CT molecular complexity index is 1140. The molecule has 0 radical (unpaired) electrons. The van der Waals surface area contributed by atoms with Gasteiger partial charge in [-0.05, 0) is 17.7 Å². The number of carbonyl (C=O) groups excluding carboxylic acids is 1. The Kier molecular flexibility index (Phi) is 6.33. The maximum Gasteiger partial charge on any atom is 0.310 e. The molecule has 2 atom stereocenters. The minimum Gasteiger partial charge on any atom is -0.380 e. The van der Waals surface area contributed by atoms with Gasteiger partial charge in [-0.2, -0.15) is 0 Å². The van der Waals surface area contributed by atoms with Gasteiger partial charge in [-0.25, -0.2) is 16.4 Å². The lowest BCUT2D eigenvalue weighted by atomic mass is 10.1. The van der Waals surface area contributed by atoms with Crippen molar-refractivity contribution in [3.63, 3.8) is 0 Å². The first kappa shape index (κ1) is 25.1. The number of halogens is 5. The molecule has 0 aliphatic carbocycles. The van der Waals surface area contributed by atoms with Gasteiger partial charge in [0.2, 0.25) is 5.91 Å². The van der Waals surface area contributed by atoms with Crippen LogP contribution in [0.5, 0.6) is 0 Å². The van der Waals surface area contributed by atoms with E-state index in [4.69, 9.17) is 11.6 Å². The Hall–Kier alpha value is -2.56. The number of aromatic nitrogens is 1. The van der Waals surface area contributed by atoms with Crippen LogP contribution in [0.4, 0.5) is 19.4 Å². The first-order chi connectivity index (χ1) is 15.2. The highest BCUT2D eigenvalue weighted by molar-refractivity contribution is 8.45. The van der Waals surface area contributed by atoms with Crippen molar-refractivity contribution in [2.45, 2.75) is 23.9 Å². The van der Waals surface area contributed by atoms with Crippen molar-refractivity contribution < 1.29 is 28.4 Å². The molecule has 1 aliphatic heterocycles. The molecule has 0 bridgehead atoms. The normalized spacial score (nSPS) is 20.8. The molecule has 1 aromatic heterocycles. The van der Waals surface area contributed by atoms with Gasteiger partial charge < -0.3 is 10.6 Å². The van der Waals surface area contributed by atoms with Crippen LogP contribution in [0, 0.1) is 0 Å². The highest BCUT2D eigenvalue weighted by Gasteiger charge is 2.65. The third-order valence-corrected chi connectivity index (χ3v) is 7.66. The minimum atomic E-state index is -9.80. The smallest absolute Gasteiger partial charge is 0.310 e. The number of amides is 1. The summed E-state index contributed by atoms with van der Waals surface area (Å²) < 4.78 is 76.4. The Morgan fingerprint density at radius 1 is 1.27 bits per heavy atom. The van der Waals surface area contributed by atoms with Crippen LogP contribution in [0.25, 0.3) is 0 Å². The van der Waals surface area contributed by atoms with Gasteiger partial charge in [0.05, 0.1) is 24.8 Å². The lowest BCUT2D eigenvalue weighted by Gasteiger charge is -2.40. The van der Waals surface area contributed by atoms with E-state index in [1.165, 1.54) is 21.6 Å². The molecule has 182 valence electrons. The van der Waals surface area contributed by atoms with E-state index in [-0.39, 0.29) is 42.3 Å². The van der Waals surface area contributed by atoms with Crippen molar-refractivity contribution in [1.82, 2.24) is 15.4 Å². The SMILES string of the molecule is NN/N=C(\N)c1csc(CN(C(=O)Cc2ccc(S(F)(F)(F)(F)F)cc2)C2C=CS(=O)C2)n1. The minimum absolute atomic E-state index is 0.00257. The Morgan fingerprint density at radius 3 is 2.48 bits per heavy atom. The van der Waals surface area contributed by atoms with Gasteiger partial charge in [-0.1, -0.05) is 37.6 Å². The third-order valence-electron chi connectivity index (χ3n) is 4.54. The number of hydrazone groups is 1. The van der Waals surface area contributed by atoms with E-state index in [9.17, 15) is 28.4 Å². The molecular weight excluding hydrogens is 511 g/mol. The summed E-state index contributed by atoms with van der Waals surface area (Å²) in [5, 5.41) is 7.11. The van der Waals surface area contributed by atoms with E-state index >= 15 is 0 Å². The zero-order valence-corrected chi connectivity index (χ0v) is 19.1. The summed E-state index contributed by atoms with van der Waals surface area (Å²) in [5.41, 5.74) is 8.17. The standard InChI is InChI=1S/C17H19F5N6O2S3/c18-33(19,20,21,22)13-3-1-11(2-4-13)7-16(29)28(12-5-6-32(30)10-12)8-15-25-14(9-31-15)17(23)26-27-24/h1-6,9,12,27H,7-8,10,24H2,(H2,23,26). The van der Waals surface area contributed by atoms with E-state index < -0.39 is 37.9 Å². The number of hydrogen-bond donors (Lipinski definition) is 3. The molecule has 16 heteroatoms. The molecule has 0 saturated carbocycles. The summed E-state index contributed by atoms with van der Waals surface area (Å²) >= 11 is 1.18. The topological polar surface area (TPSA) is 127 Å². The van der Waals surface area contributed by atoms with Crippen LogP contribution < -0.4 is 17.1 Å². The Balaban J connectivity index is 1.80. The molecule has 0 fully saturated rings. The number of rotatable bonds is 8. The maximum atomic E-state index is 13.0. The predicted octanol–water partition coefficient (Wildman–Crippen LogP) is 3.10. The lowest BCUT2D eigenvalue weighted by Crippen LogP contribution is -2.41. The molecule has 1 aromatic carbocycles. The number of hydrogen-bond acceptors (Lipinski definition) is 7. The van der Waals surface area contributed by atoms with Crippen molar-refractivity contribution in [2.24, 2.45) is 16.7 Å². The molecule has 2 aromatic rings. The molecule has 2 heterocycles. The van der Waals surface area contributed by atoms with Crippen molar-refractivity contribution >= 4 is 44.1 Å². The van der Waals surface area contributed by atoms with Crippen LogP contribution in [0.1, 0.15) is 16.3 Å². The fourth-order valence-electron chi connectivity index (χ4n) is 2.96. The van der Waals surface area contributed by atoms with Crippen molar-refractivity contribution in [2.75, 3.05) is 5.75 Å². The lowest BCUT2D eigenvalue weighted by molar-refractivity contribution is -0.132. The summed E-state index contributed by atoms with van der Waals surface area (Å²) in [6, 6.07) is 1.67. The summed E-state index contributed by atoms with van der Waals surface area (Å²) in [5.74, 6) is 4.73. The number of nitrogens with one attached hydrogen (secondary N) is 1. The summed E-state index contributed by atoms with van der Waals surface area (Å²) in [7, 11) is -11.1. The van der Waals surface area contributed by atoms with E-state index in [1.54, 1.807) is 11.5 Å². The van der Waals surface area contributed by atoms with Gasteiger partial charge >= 0.3 is 10.2 Å². The van der Waals surface area contributed by atoms with Gasteiger partial charge in [0, 0.05) is 21.6 Å². The monoisotopic (exact) mass is 530 g/mol. The highest BCUT2D eigenvalue weighted by atomic mass is 32.5. The molecule has 1 amide bonds. The predicted molar refractivity (Wildman–Crippen MR) is 118 cm³/mol. The average molecular weight is 531 g/mol. The number of thiazole rings is 1. The highest BCUT2D eigenvalue weighted by Crippen LogP contribution is 3.02. The van der Waals surface area contributed by atoms with Crippen molar-refractivity contribution in [1.29, 1.82) is 0 Å². The fraction of sp³-hybridized carbons (Fsp3) is 0.235. The van der Waals surface area contributed by atoms with Gasteiger partial charge in [0.1, 0.15) is 15.6 Å². The van der Waals surface area contributed by atoms with Crippen LogP contribution in [0.15, 0.2) is 51.1 Å². The molecule has 0 saturated heterocycles. The van der Waals surface area contributed by atoms with E-state index in [0.29, 0.717) is 10.7 Å². The zero-order chi connectivity index (χ0) is 24.5. The van der Waals surface area contributed by atoms with Crippen LogP contribution in [0.3, 0.4) is 0 Å². The van der Waals surface area contributed by atoms with Crippen LogP contribution in [-0.4, -0.2) is 37.6 Å². The number of nitrogens with zero attached hydrogens (tertiary/aromatic N) is 3. The summed E-state index contributed by atoms with van der Waals surface area (Å²) in [6.45, 7) is 0.00257. The van der Waals surface area contributed by atoms with Gasteiger partial charge in [-0.15, -0.1) is 16.4 Å². The molecule has 33 heavy (non-hydrogen) atoms. The quantitative estimate of drug-likeness (QED) is 0.158. The van der Waals surface area contributed by atoms with Crippen LogP contribution >= 0.6 is 21.6 Å². The van der Waals surface area contributed by atoms with Crippen molar-refractivity contribution in [3.05, 3.63) is 57.4 Å². The molecule has 2 unspecified atom stereocenters. The molecule has 8 nitrogen and oxygen atoms in total. The fourth-order valence-corrected chi connectivity index (χ4v) is 5.49. The second-order valence-corrected chi connectivity index (χ2v) is 11.7. The Labute approximate surface area is 191 Å². The first-order valence-corrected chi connectivity index (χ1v) is 13.3. The van der Waals surface area contributed by atoms with Crippen molar-refractivity contribution in [3.8, 4) is 0 Å². The number of amidine groups is 1.